The molecule has 1 fully saturated rings. The van der Waals surface area contributed by atoms with Gasteiger partial charge in [-0.2, -0.15) is 0 Å². The van der Waals surface area contributed by atoms with Crippen molar-refractivity contribution in [1.29, 1.82) is 0 Å². The predicted molar refractivity (Wildman–Crippen MR) is 35.2 cm³/mol. The molecule has 0 spiro atoms. The zero-order valence-corrected chi connectivity index (χ0v) is 6.67. The molecule has 1 aliphatic rings. The molecule has 0 aliphatic carbocycles. The molecule has 0 unspecified atom stereocenters. The standard InChI is InChI=1S/C5H9O4P/c1-4(2)3-5-8-10(6,7)9-5/h3,5H,1-2H3,(H,6,7). The summed E-state index contributed by atoms with van der Waals surface area (Å²) >= 11 is 0. The Morgan fingerprint density at radius 3 is 2.40 bits per heavy atom. The van der Waals surface area contributed by atoms with Gasteiger partial charge in [0.05, 0.1) is 0 Å². The van der Waals surface area contributed by atoms with Crippen LogP contribution in [0.4, 0.5) is 0 Å². The summed E-state index contributed by atoms with van der Waals surface area (Å²) in [5.74, 6) is 0. The quantitative estimate of drug-likeness (QED) is 0.470. The Morgan fingerprint density at radius 2 is 2.10 bits per heavy atom. The second kappa shape index (κ2) is 2.47. The lowest BCUT2D eigenvalue weighted by atomic mass is 10.3. The van der Waals surface area contributed by atoms with Crippen LogP contribution >= 0.6 is 7.82 Å². The van der Waals surface area contributed by atoms with Gasteiger partial charge in [0.15, 0.2) is 6.29 Å². The van der Waals surface area contributed by atoms with E-state index in [1.807, 2.05) is 13.8 Å². The zero-order valence-electron chi connectivity index (χ0n) is 5.77. The second-order valence-electron chi connectivity index (χ2n) is 2.29. The SMILES string of the molecule is CC(C)=CC1OP(=O)(O)O1. The number of hydrogen-bond acceptors (Lipinski definition) is 3. The minimum absolute atomic E-state index is 0.624. The van der Waals surface area contributed by atoms with E-state index in [4.69, 9.17) is 4.89 Å². The molecule has 1 aliphatic heterocycles. The molecule has 0 radical (unpaired) electrons. The number of phosphoric ester groups is 1. The van der Waals surface area contributed by atoms with Gasteiger partial charge in [0.2, 0.25) is 0 Å². The molecule has 10 heavy (non-hydrogen) atoms. The summed E-state index contributed by atoms with van der Waals surface area (Å²) in [5.41, 5.74) is 0.990. The van der Waals surface area contributed by atoms with Crippen molar-refractivity contribution in [2.75, 3.05) is 0 Å². The van der Waals surface area contributed by atoms with Gasteiger partial charge in [0.1, 0.15) is 0 Å². The van der Waals surface area contributed by atoms with Gasteiger partial charge in [-0.25, -0.2) is 4.57 Å². The number of allylic oxidation sites excluding steroid dienone is 1. The van der Waals surface area contributed by atoms with Crippen LogP contribution < -0.4 is 0 Å². The Bertz CT molecular complexity index is 196. The van der Waals surface area contributed by atoms with Crippen molar-refractivity contribution in [2.24, 2.45) is 0 Å². The van der Waals surface area contributed by atoms with Crippen LogP contribution in [0, 0.1) is 0 Å². The van der Waals surface area contributed by atoms with E-state index in [1.54, 1.807) is 6.08 Å². The second-order valence-corrected chi connectivity index (χ2v) is 3.65. The normalized spacial score (nSPS) is 38.5. The Morgan fingerprint density at radius 1 is 1.60 bits per heavy atom. The fourth-order valence-electron chi connectivity index (χ4n) is 0.603. The number of rotatable bonds is 1. The highest BCUT2D eigenvalue weighted by molar-refractivity contribution is 7.48. The largest absolute Gasteiger partial charge is 0.477 e. The summed E-state index contributed by atoms with van der Waals surface area (Å²) in [6.45, 7) is 3.71. The van der Waals surface area contributed by atoms with E-state index in [-0.39, 0.29) is 0 Å². The van der Waals surface area contributed by atoms with Gasteiger partial charge in [0.25, 0.3) is 0 Å². The van der Waals surface area contributed by atoms with E-state index in [0.29, 0.717) is 0 Å². The van der Waals surface area contributed by atoms with Crippen LogP contribution in [0.3, 0.4) is 0 Å². The highest BCUT2D eigenvalue weighted by atomic mass is 31.2. The third-order valence-corrected chi connectivity index (χ3v) is 1.89. The first-order valence-corrected chi connectivity index (χ1v) is 4.34. The third kappa shape index (κ3) is 1.92. The fraction of sp³-hybridized carbons (Fsp3) is 0.600. The van der Waals surface area contributed by atoms with Crippen molar-refractivity contribution < 1.29 is 18.5 Å². The van der Waals surface area contributed by atoms with Crippen LogP contribution in [-0.2, 0) is 13.6 Å². The van der Waals surface area contributed by atoms with Crippen LogP contribution in [0.25, 0.3) is 0 Å². The first kappa shape index (κ1) is 7.95. The van der Waals surface area contributed by atoms with E-state index >= 15 is 0 Å². The monoisotopic (exact) mass is 164 g/mol. The third-order valence-electron chi connectivity index (χ3n) is 0.944. The molecular weight excluding hydrogens is 155 g/mol. The van der Waals surface area contributed by atoms with E-state index in [9.17, 15) is 4.57 Å². The molecule has 0 aromatic heterocycles. The minimum atomic E-state index is -3.62. The lowest BCUT2D eigenvalue weighted by Crippen LogP contribution is -2.23. The van der Waals surface area contributed by atoms with Crippen molar-refractivity contribution in [1.82, 2.24) is 0 Å². The highest BCUT2D eigenvalue weighted by Crippen LogP contribution is 2.55. The smallest absolute Gasteiger partial charge is 0.302 e. The number of phosphoric acid groups is 1. The van der Waals surface area contributed by atoms with Gasteiger partial charge in [0, 0.05) is 0 Å². The molecule has 58 valence electrons. The molecule has 1 N–H and O–H groups in total. The van der Waals surface area contributed by atoms with Crippen molar-refractivity contribution in [2.45, 2.75) is 20.1 Å². The molecule has 0 aromatic rings. The summed E-state index contributed by atoms with van der Waals surface area (Å²) in [7, 11) is -3.62. The maximum Gasteiger partial charge on any atom is 0.477 e. The Hall–Kier alpha value is -0.150. The van der Waals surface area contributed by atoms with Gasteiger partial charge in [-0.1, -0.05) is 5.57 Å². The van der Waals surface area contributed by atoms with E-state index in [0.717, 1.165) is 5.57 Å². The molecular formula is C5H9O4P. The van der Waals surface area contributed by atoms with E-state index in [1.165, 1.54) is 0 Å². The summed E-state index contributed by atoms with van der Waals surface area (Å²) in [4.78, 5) is 8.48. The molecule has 0 saturated carbocycles. The van der Waals surface area contributed by atoms with Crippen molar-refractivity contribution in [3.05, 3.63) is 11.6 Å². The van der Waals surface area contributed by atoms with Gasteiger partial charge in [-0.05, 0) is 19.9 Å². The highest BCUT2D eigenvalue weighted by Gasteiger charge is 2.39. The van der Waals surface area contributed by atoms with Gasteiger partial charge in [-0.3, -0.25) is 9.05 Å². The van der Waals surface area contributed by atoms with E-state index < -0.39 is 14.1 Å². The lowest BCUT2D eigenvalue weighted by molar-refractivity contribution is -0.0850. The fourth-order valence-corrected chi connectivity index (χ4v) is 1.27. The van der Waals surface area contributed by atoms with Crippen molar-refractivity contribution in [3.63, 3.8) is 0 Å². The van der Waals surface area contributed by atoms with Crippen LogP contribution in [0.5, 0.6) is 0 Å². The summed E-state index contributed by atoms with van der Waals surface area (Å²) < 4.78 is 19.2. The van der Waals surface area contributed by atoms with Crippen LogP contribution in [0.1, 0.15) is 13.8 Å². The maximum atomic E-state index is 10.3. The first-order chi connectivity index (χ1) is 4.49. The molecule has 1 rings (SSSR count). The first-order valence-electron chi connectivity index (χ1n) is 2.84. The molecule has 0 aromatic carbocycles. The summed E-state index contributed by atoms with van der Waals surface area (Å²) in [6.07, 6.45) is 1.01. The Kier molecular flexibility index (Phi) is 1.97. The molecule has 0 amide bonds. The zero-order chi connectivity index (χ0) is 7.78. The maximum absolute atomic E-state index is 10.3. The number of hydrogen-bond donors (Lipinski definition) is 1. The average Bonchev–Trinajstić information content (AvgIpc) is 1.57. The molecule has 1 saturated heterocycles. The van der Waals surface area contributed by atoms with Crippen LogP contribution in [-0.4, -0.2) is 11.2 Å². The molecule has 0 bridgehead atoms. The van der Waals surface area contributed by atoms with Crippen molar-refractivity contribution >= 4 is 7.82 Å². The summed E-state index contributed by atoms with van der Waals surface area (Å²) in [6, 6.07) is 0. The van der Waals surface area contributed by atoms with Crippen LogP contribution in [0.2, 0.25) is 0 Å². The average molecular weight is 164 g/mol. The van der Waals surface area contributed by atoms with E-state index in [2.05, 4.69) is 9.05 Å². The Labute approximate surface area is 59.1 Å². The molecule has 5 heteroatoms. The molecule has 1 heterocycles. The molecule has 0 atom stereocenters. The van der Waals surface area contributed by atoms with Crippen LogP contribution in [0.15, 0.2) is 11.6 Å². The van der Waals surface area contributed by atoms with Crippen molar-refractivity contribution in [3.8, 4) is 0 Å². The van der Waals surface area contributed by atoms with Gasteiger partial charge in [-0.15, -0.1) is 0 Å². The minimum Gasteiger partial charge on any atom is -0.302 e. The summed E-state index contributed by atoms with van der Waals surface area (Å²) in [5, 5.41) is 0. The Balaban J connectivity index is 2.41. The van der Waals surface area contributed by atoms with Gasteiger partial charge < -0.3 is 4.89 Å². The van der Waals surface area contributed by atoms with Gasteiger partial charge >= 0.3 is 7.82 Å². The predicted octanol–water partition coefficient (Wildman–Crippen LogP) is 1.43. The topological polar surface area (TPSA) is 55.8 Å². The lowest BCUT2D eigenvalue weighted by Gasteiger charge is -2.28. The molecule has 4 nitrogen and oxygen atoms in total.